The maximum Gasteiger partial charge on any atom is 0.194 e. The summed E-state index contributed by atoms with van der Waals surface area (Å²) in [6.45, 7) is 5.24. The van der Waals surface area contributed by atoms with E-state index in [1.807, 2.05) is 18.9 Å². The summed E-state index contributed by atoms with van der Waals surface area (Å²) in [4.78, 5) is 6.62. The quantitative estimate of drug-likeness (QED) is 0.412. The average molecular weight is 337 g/mol. The molecule has 0 spiro atoms. The highest BCUT2D eigenvalue weighted by atomic mass is 19.1. The first-order chi connectivity index (χ1) is 11.6. The summed E-state index contributed by atoms with van der Waals surface area (Å²) >= 11 is 0. The summed E-state index contributed by atoms with van der Waals surface area (Å²) in [5.74, 6) is 1.18. The minimum absolute atomic E-state index is 0.300. The first-order valence-electron chi connectivity index (χ1n) is 8.59. The van der Waals surface area contributed by atoms with E-state index < -0.39 is 0 Å². The fourth-order valence-corrected chi connectivity index (χ4v) is 2.33. The van der Waals surface area contributed by atoms with E-state index in [4.69, 9.17) is 9.84 Å². The zero-order valence-corrected chi connectivity index (χ0v) is 14.6. The number of benzene rings is 1. The van der Waals surface area contributed by atoms with E-state index in [2.05, 4.69) is 10.3 Å². The highest BCUT2D eigenvalue weighted by Crippen LogP contribution is 2.28. The molecule has 134 valence electrons. The lowest BCUT2D eigenvalue weighted by Gasteiger charge is -2.22. The van der Waals surface area contributed by atoms with E-state index in [1.54, 1.807) is 12.1 Å². The molecule has 5 nitrogen and oxygen atoms in total. The molecule has 0 atom stereocenters. The van der Waals surface area contributed by atoms with Crippen LogP contribution in [0.4, 0.5) is 4.39 Å². The first-order valence-corrected chi connectivity index (χ1v) is 8.59. The minimum atomic E-state index is -0.387. The highest BCUT2D eigenvalue weighted by molar-refractivity contribution is 5.79. The number of aliphatic imine (C=N–C) groups is 1. The normalized spacial score (nSPS) is 14.8. The van der Waals surface area contributed by atoms with E-state index in [0.29, 0.717) is 18.7 Å². The lowest BCUT2D eigenvalue weighted by atomic mass is 10.1. The SMILES string of the molecule is CCNC(=NCc1ccc(F)c(CO)c1)N(C)CCOCC1CC1. The molecule has 0 unspecified atom stereocenters. The van der Waals surface area contributed by atoms with Crippen molar-refractivity contribution in [1.29, 1.82) is 0 Å². The molecule has 1 fully saturated rings. The van der Waals surface area contributed by atoms with Gasteiger partial charge in [0.05, 0.1) is 19.8 Å². The maximum atomic E-state index is 13.4. The standard InChI is InChI=1S/C18H28FN3O2/c1-3-20-18(22(2)8-9-24-13-14-4-5-14)21-11-15-6-7-17(19)16(10-15)12-23/h6-7,10,14,23H,3-5,8-9,11-13H2,1-2H3,(H,20,21). The van der Waals surface area contributed by atoms with Crippen LogP contribution in [0.15, 0.2) is 23.2 Å². The van der Waals surface area contributed by atoms with Crippen LogP contribution in [0.1, 0.15) is 30.9 Å². The van der Waals surface area contributed by atoms with Gasteiger partial charge in [0.25, 0.3) is 0 Å². The topological polar surface area (TPSA) is 57.1 Å². The largest absolute Gasteiger partial charge is 0.392 e. The first kappa shape index (κ1) is 18.7. The second kappa shape index (κ2) is 9.59. The zero-order chi connectivity index (χ0) is 17.4. The smallest absolute Gasteiger partial charge is 0.194 e. The van der Waals surface area contributed by atoms with Crippen LogP contribution in [0, 0.1) is 11.7 Å². The maximum absolute atomic E-state index is 13.4. The second-order valence-corrected chi connectivity index (χ2v) is 6.19. The Kier molecular flexibility index (Phi) is 7.46. The summed E-state index contributed by atoms with van der Waals surface area (Å²) in [6.07, 6.45) is 2.60. The number of guanidine groups is 1. The second-order valence-electron chi connectivity index (χ2n) is 6.19. The number of halogens is 1. The van der Waals surface area contributed by atoms with Crippen molar-refractivity contribution in [3.05, 3.63) is 35.1 Å². The van der Waals surface area contributed by atoms with Crippen LogP contribution in [-0.2, 0) is 17.9 Å². The van der Waals surface area contributed by atoms with Crippen LogP contribution in [-0.4, -0.2) is 49.3 Å². The van der Waals surface area contributed by atoms with Gasteiger partial charge in [-0.3, -0.25) is 0 Å². The predicted octanol–water partition coefficient (Wildman–Crippen LogP) is 2.14. The van der Waals surface area contributed by atoms with E-state index in [1.165, 1.54) is 18.9 Å². The van der Waals surface area contributed by atoms with Crippen LogP contribution >= 0.6 is 0 Å². The molecule has 0 aromatic heterocycles. The van der Waals surface area contributed by atoms with Crippen molar-refractivity contribution in [1.82, 2.24) is 10.2 Å². The van der Waals surface area contributed by atoms with E-state index in [9.17, 15) is 4.39 Å². The van der Waals surface area contributed by atoms with Gasteiger partial charge in [0.1, 0.15) is 5.82 Å². The molecule has 2 rings (SSSR count). The van der Waals surface area contributed by atoms with Crippen molar-refractivity contribution in [3.63, 3.8) is 0 Å². The summed E-state index contributed by atoms with van der Waals surface area (Å²) < 4.78 is 19.1. The number of hydrogen-bond donors (Lipinski definition) is 2. The van der Waals surface area contributed by atoms with Gasteiger partial charge >= 0.3 is 0 Å². The number of nitrogens with one attached hydrogen (secondary N) is 1. The molecule has 1 aromatic rings. The Morgan fingerprint density at radius 1 is 1.46 bits per heavy atom. The molecular formula is C18H28FN3O2. The molecule has 0 radical (unpaired) electrons. The van der Waals surface area contributed by atoms with Crippen molar-refractivity contribution in [3.8, 4) is 0 Å². The lowest BCUT2D eigenvalue weighted by Crippen LogP contribution is -2.40. The van der Waals surface area contributed by atoms with Gasteiger partial charge in [0.15, 0.2) is 5.96 Å². The third-order valence-electron chi connectivity index (χ3n) is 4.01. The Morgan fingerprint density at radius 3 is 2.92 bits per heavy atom. The average Bonchev–Trinajstić information content (AvgIpc) is 3.40. The molecule has 0 heterocycles. The number of ether oxygens (including phenoxy) is 1. The van der Waals surface area contributed by atoms with E-state index in [0.717, 1.165) is 37.1 Å². The van der Waals surface area contributed by atoms with Crippen molar-refractivity contribution < 1.29 is 14.2 Å². The number of nitrogens with zero attached hydrogens (tertiary/aromatic N) is 2. The Labute approximate surface area is 143 Å². The van der Waals surface area contributed by atoms with Gasteiger partial charge in [-0.05, 0) is 43.4 Å². The molecule has 24 heavy (non-hydrogen) atoms. The van der Waals surface area contributed by atoms with Gasteiger partial charge in [0, 0.05) is 32.3 Å². The van der Waals surface area contributed by atoms with E-state index in [-0.39, 0.29) is 12.4 Å². The van der Waals surface area contributed by atoms with Crippen molar-refractivity contribution >= 4 is 5.96 Å². The third kappa shape index (κ3) is 6.09. The summed E-state index contributed by atoms with van der Waals surface area (Å²) in [7, 11) is 1.98. The molecule has 1 aliphatic carbocycles. The van der Waals surface area contributed by atoms with Crippen molar-refractivity contribution in [2.24, 2.45) is 10.9 Å². The van der Waals surface area contributed by atoms with Gasteiger partial charge in [0.2, 0.25) is 0 Å². The summed E-state index contributed by atoms with van der Waals surface area (Å²) in [5.41, 5.74) is 1.17. The number of hydrogen-bond acceptors (Lipinski definition) is 3. The fourth-order valence-electron chi connectivity index (χ4n) is 2.33. The molecule has 6 heteroatoms. The molecule has 0 amide bonds. The molecular weight excluding hydrogens is 309 g/mol. The van der Waals surface area contributed by atoms with Gasteiger partial charge in [-0.1, -0.05) is 6.07 Å². The highest BCUT2D eigenvalue weighted by Gasteiger charge is 2.21. The van der Waals surface area contributed by atoms with Crippen LogP contribution in [0.2, 0.25) is 0 Å². The Bertz CT molecular complexity index is 547. The predicted molar refractivity (Wildman–Crippen MR) is 93.3 cm³/mol. The number of aliphatic hydroxyl groups is 1. The molecule has 1 aliphatic rings. The van der Waals surface area contributed by atoms with Gasteiger partial charge in [-0.25, -0.2) is 9.38 Å². The van der Waals surface area contributed by atoms with Gasteiger partial charge in [-0.15, -0.1) is 0 Å². The van der Waals surface area contributed by atoms with Crippen molar-refractivity contribution in [2.75, 3.05) is 33.4 Å². The Hall–Kier alpha value is -1.66. The summed E-state index contributed by atoms with van der Waals surface area (Å²) in [6, 6.07) is 4.72. The van der Waals surface area contributed by atoms with E-state index >= 15 is 0 Å². The molecule has 0 bridgehead atoms. The molecule has 2 N–H and O–H groups in total. The van der Waals surface area contributed by atoms with Gasteiger partial charge in [-0.2, -0.15) is 0 Å². The number of rotatable bonds is 9. The lowest BCUT2D eigenvalue weighted by molar-refractivity contribution is 0.115. The van der Waals surface area contributed by atoms with Crippen LogP contribution in [0.3, 0.4) is 0 Å². The number of aliphatic hydroxyl groups excluding tert-OH is 1. The van der Waals surface area contributed by atoms with Crippen LogP contribution < -0.4 is 5.32 Å². The molecule has 0 aliphatic heterocycles. The zero-order valence-electron chi connectivity index (χ0n) is 14.6. The summed E-state index contributed by atoms with van der Waals surface area (Å²) in [5, 5.41) is 12.4. The fraction of sp³-hybridized carbons (Fsp3) is 0.611. The Balaban J connectivity index is 1.88. The number of likely N-dealkylation sites (N-methyl/N-ethyl adjacent to an activating group) is 1. The van der Waals surface area contributed by atoms with Crippen LogP contribution in [0.25, 0.3) is 0 Å². The molecule has 1 saturated carbocycles. The van der Waals surface area contributed by atoms with Crippen LogP contribution in [0.5, 0.6) is 0 Å². The Morgan fingerprint density at radius 2 is 2.25 bits per heavy atom. The third-order valence-corrected chi connectivity index (χ3v) is 4.01. The monoisotopic (exact) mass is 337 g/mol. The minimum Gasteiger partial charge on any atom is -0.392 e. The van der Waals surface area contributed by atoms with Crippen molar-refractivity contribution in [2.45, 2.75) is 32.9 Å². The molecule has 0 saturated heterocycles. The molecule has 1 aromatic carbocycles. The van der Waals surface area contributed by atoms with Gasteiger partial charge < -0.3 is 20.1 Å².